The lowest BCUT2D eigenvalue weighted by Gasteiger charge is -2.34. The first-order valence-electron chi connectivity index (χ1n) is 6.95. The summed E-state index contributed by atoms with van der Waals surface area (Å²) in [4.78, 5) is 20.8. The van der Waals surface area contributed by atoms with Gasteiger partial charge in [-0.25, -0.2) is 4.98 Å². The molecule has 0 radical (unpaired) electrons. The molecule has 2 fully saturated rings. The fourth-order valence-corrected chi connectivity index (χ4v) is 4.04. The highest BCUT2D eigenvalue weighted by Gasteiger charge is 2.25. The zero-order chi connectivity index (χ0) is 13.1. The lowest BCUT2D eigenvalue weighted by Crippen LogP contribution is -2.50. The number of H-pyrrole nitrogens is 1. The van der Waals surface area contributed by atoms with Crippen LogP contribution >= 0.6 is 11.8 Å². The third kappa shape index (κ3) is 3.12. The Morgan fingerprint density at radius 1 is 1.42 bits per heavy atom. The third-order valence-corrected chi connectivity index (χ3v) is 4.97. The molecule has 2 atom stereocenters. The fraction of sp³-hybridized carbons (Fsp3) is 0.692. The minimum absolute atomic E-state index is 0.0837. The molecule has 2 saturated heterocycles. The molecular weight excluding hydrogens is 260 g/mol. The highest BCUT2D eigenvalue weighted by Crippen LogP contribution is 2.20. The molecular formula is C13H20N4OS. The molecule has 2 aliphatic heterocycles. The molecule has 0 bridgehead atoms. The van der Waals surface area contributed by atoms with Crippen LogP contribution in [0.5, 0.6) is 0 Å². The molecule has 0 spiro atoms. The molecule has 0 amide bonds. The standard InChI is InChI=1S/C13H20N4OS/c18-13-12(14-4-5-15-13)17-6-1-2-10(8-17)16-11-3-7-19-9-11/h4-5,10-11,16H,1-3,6-9H2,(H,15,18)/t10-,11+/m1/s1. The van der Waals surface area contributed by atoms with Crippen molar-refractivity contribution in [3.63, 3.8) is 0 Å². The molecule has 5 nitrogen and oxygen atoms in total. The molecule has 0 unspecified atom stereocenters. The van der Waals surface area contributed by atoms with Gasteiger partial charge in [0.2, 0.25) is 0 Å². The predicted octanol–water partition coefficient (Wildman–Crippen LogP) is 0.834. The van der Waals surface area contributed by atoms with Crippen LogP contribution in [-0.4, -0.2) is 46.6 Å². The van der Waals surface area contributed by atoms with E-state index in [0.29, 0.717) is 17.9 Å². The summed E-state index contributed by atoms with van der Waals surface area (Å²) in [6.45, 7) is 1.82. The maximum Gasteiger partial charge on any atom is 0.290 e. The van der Waals surface area contributed by atoms with Gasteiger partial charge in [-0.1, -0.05) is 0 Å². The number of aromatic amines is 1. The van der Waals surface area contributed by atoms with Crippen molar-refractivity contribution >= 4 is 17.6 Å². The summed E-state index contributed by atoms with van der Waals surface area (Å²) in [5.74, 6) is 3.06. The van der Waals surface area contributed by atoms with Crippen LogP contribution in [0.15, 0.2) is 17.2 Å². The average molecular weight is 280 g/mol. The Hall–Kier alpha value is -1.01. The Morgan fingerprint density at radius 2 is 2.37 bits per heavy atom. The van der Waals surface area contributed by atoms with Crippen molar-refractivity contribution in [2.45, 2.75) is 31.3 Å². The Bertz CT molecular complexity index is 472. The number of anilines is 1. The summed E-state index contributed by atoms with van der Waals surface area (Å²) in [6.07, 6.45) is 6.82. The predicted molar refractivity (Wildman–Crippen MR) is 79.0 cm³/mol. The van der Waals surface area contributed by atoms with Crippen molar-refractivity contribution in [2.24, 2.45) is 0 Å². The second-order valence-corrected chi connectivity index (χ2v) is 6.40. The van der Waals surface area contributed by atoms with Crippen LogP contribution in [0.3, 0.4) is 0 Å². The van der Waals surface area contributed by atoms with Gasteiger partial charge in [0.05, 0.1) is 0 Å². The summed E-state index contributed by atoms with van der Waals surface area (Å²) in [5, 5.41) is 3.73. The average Bonchev–Trinajstić information content (AvgIpc) is 2.92. The molecule has 2 aliphatic rings. The lowest BCUT2D eigenvalue weighted by molar-refractivity contribution is 0.385. The minimum atomic E-state index is -0.0837. The Labute approximate surface area is 117 Å². The minimum Gasteiger partial charge on any atom is -0.350 e. The molecule has 1 aromatic rings. The third-order valence-electron chi connectivity index (χ3n) is 3.81. The Balaban J connectivity index is 1.64. The number of thioether (sulfide) groups is 1. The quantitative estimate of drug-likeness (QED) is 0.859. The van der Waals surface area contributed by atoms with Crippen LogP contribution in [0, 0.1) is 0 Å². The molecule has 2 N–H and O–H groups in total. The SMILES string of the molecule is O=c1[nH]ccnc1N1CCC[C@@H](N[C@H]2CCSC2)C1. The summed E-state index contributed by atoms with van der Waals surface area (Å²) in [6, 6.07) is 1.14. The van der Waals surface area contributed by atoms with Gasteiger partial charge in [0, 0.05) is 43.3 Å². The molecule has 3 rings (SSSR count). The van der Waals surface area contributed by atoms with E-state index in [4.69, 9.17) is 0 Å². The van der Waals surface area contributed by atoms with Gasteiger partial charge in [-0.15, -0.1) is 0 Å². The number of nitrogens with one attached hydrogen (secondary N) is 2. The van der Waals surface area contributed by atoms with Gasteiger partial charge in [0.15, 0.2) is 5.82 Å². The van der Waals surface area contributed by atoms with Crippen LogP contribution in [0.4, 0.5) is 5.82 Å². The monoisotopic (exact) mass is 280 g/mol. The first-order valence-corrected chi connectivity index (χ1v) is 8.11. The van der Waals surface area contributed by atoms with E-state index in [1.807, 2.05) is 11.8 Å². The van der Waals surface area contributed by atoms with Crippen molar-refractivity contribution in [1.82, 2.24) is 15.3 Å². The zero-order valence-electron chi connectivity index (χ0n) is 11.0. The van der Waals surface area contributed by atoms with E-state index in [0.717, 1.165) is 19.5 Å². The topological polar surface area (TPSA) is 61.0 Å². The van der Waals surface area contributed by atoms with Crippen LogP contribution in [0.1, 0.15) is 19.3 Å². The van der Waals surface area contributed by atoms with Crippen LogP contribution in [0.25, 0.3) is 0 Å². The molecule has 3 heterocycles. The van der Waals surface area contributed by atoms with E-state index in [9.17, 15) is 4.79 Å². The van der Waals surface area contributed by atoms with Crippen molar-refractivity contribution in [3.05, 3.63) is 22.7 Å². The molecule has 6 heteroatoms. The van der Waals surface area contributed by atoms with E-state index in [2.05, 4.69) is 20.2 Å². The van der Waals surface area contributed by atoms with E-state index < -0.39 is 0 Å². The molecule has 1 aromatic heterocycles. The van der Waals surface area contributed by atoms with Gasteiger partial charge in [-0.2, -0.15) is 11.8 Å². The van der Waals surface area contributed by atoms with Crippen LogP contribution < -0.4 is 15.8 Å². The van der Waals surface area contributed by atoms with Crippen molar-refractivity contribution in [1.29, 1.82) is 0 Å². The Morgan fingerprint density at radius 3 is 3.16 bits per heavy atom. The summed E-state index contributed by atoms with van der Waals surface area (Å²) in [7, 11) is 0. The summed E-state index contributed by atoms with van der Waals surface area (Å²) in [5.41, 5.74) is -0.0837. The van der Waals surface area contributed by atoms with Gasteiger partial charge < -0.3 is 15.2 Å². The highest BCUT2D eigenvalue weighted by molar-refractivity contribution is 7.99. The van der Waals surface area contributed by atoms with Gasteiger partial charge in [0.25, 0.3) is 5.56 Å². The summed E-state index contributed by atoms with van der Waals surface area (Å²) >= 11 is 2.03. The Kier molecular flexibility index (Phi) is 4.08. The number of hydrogen-bond acceptors (Lipinski definition) is 5. The van der Waals surface area contributed by atoms with Crippen molar-refractivity contribution in [2.75, 3.05) is 29.5 Å². The molecule has 104 valence electrons. The molecule has 0 aliphatic carbocycles. The second-order valence-electron chi connectivity index (χ2n) is 5.25. The normalized spacial score (nSPS) is 27.7. The number of aromatic nitrogens is 2. The van der Waals surface area contributed by atoms with Gasteiger partial charge in [-0.05, 0) is 25.0 Å². The zero-order valence-corrected chi connectivity index (χ0v) is 11.8. The van der Waals surface area contributed by atoms with E-state index in [1.54, 1.807) is 12.4 Å². The number of hydrogen-bond donors (Lipinski definition) is 2. The number of piperidine rings is 1. The second kappa shape index (κ2) is 5.96. The van der Waals surface area contributed by atoms with Gasteiger partial charge in [0.1, 0.15) is 0 Å². The molecule has 0 aromatic carbocycles. The van der Waals surface area contributed by atoms with Crippen LogP contribution in [0.2, 0.25) is 0 Å². The van der Waals surface area contributed by atoms with Gasteiger partial charge >= 0.3 is 0 Å². The first-order chi connectivity index (χ1) is 9.33. The van der Waals surface area contributed by atoms with E-state index >= 15 is 0 Å². The highest BCUT2D eigenvalue weighted by atomic mass is 32.2. The van der Waals surface area contributed by atoms with E-state index in [1.165, 1.54) is 24.3 Å². The number of nitrogens with zero attached hydrogens (tertiary/aromatic N) is 2. The van der Waals surface area contributed by atoms with Gasteiger partial charge in [-0.3, -0.25) is 4.79 Å². The molecule has 0 saturated carbocycles. The van der Waals surface area contributed by atoms with Crippen molar-refractivity contribution in [3.8, 4) is 0 Å². The largest absolute Gasteiger partial charge is 0.350 e. The lowest BCUT2D eigenvalue weighted by atomic mass is 10.0. The maximum atomic E-state index is 11.8. The summed E-state index contributed by atoms with van der Waals surface area (Å²) < 4.78 is 0. The first kappa shape index (κ1) is 13.0. The van der Waals surface area contributed by atoms with Crippen molar-refractivity contribution < 1.29 is 0 Å². The molecule has 19 heavy (non-hydrogen) atoms. The van der Waals surface area contributed by atoms with E-state index in [-0.39, 0.29) is 5.56 Å². The van der Waals surface area contributed by atoms with Crippen LogP contribution in [-0.2, 0) is 0 Å². The maximum absolute atomic E-state index is 11.8. The number of rotatable bonds is 3. The smallest absolute Gasteiger partial charge is 0.290 e. The fourth-order valence-electron chi connectivity index (χ4n) is 2.87.